The Bertz CT molecular complexity index is 443. The number of nitrogens with zero attached hydrogens (tertiary/aromatic N) is 3. The van der Waals surface area contributed by atoms with Gasteiger partial charge < -0.3 is 5.32 Å². The topological polar surface area (TPSA) is 50.7 Å². The predicted octanol–water partition coefficient (Wildman–Crippen LogP) is 2.18. The molecule has 2 aromatic heterocycles. The number of hydrogen-bond donors (Lipinski definition) is 1. The quantitative estimate of drug-likeness (QED) is 0.857. The molecule has 2 heterocycles. The molecule has 0 aliphatic heterocycles. The maximum atomic E-state index is 12.6. The van der Waals surface area contributed by atoms with Gasteiger partial charge in [-0.05, 0) is 24.6 Å². The normalized spacial score (nSPS) is 12.1. The number of hydrogen-bond acceptors (Lipinski definition) is 4. The van der Waals surface area contributed by atoms with Gasteiger partial charge in [0.25, 0.3) is 0 Å². The van der Waals surface area contributed by atoms with Crippen LogP contribution < -0.4 is 5.32 Å². The Morgan fingerprint density at radius 1 is 1.19 bits per heavy atom. The Morgan fingerprint density at radius 3 is 2.44 bits per heavy atom. The van der Waals surface area contributed by atoms with Crippen LogP contribution in [-0.2, 0) is 0 Å². The van der Waals surface area contributed by atoms with E-state index in [9.17, 15) is 4.39 Å². The first-order valence-electron chi connectivity index (χ1n) is 4.90. The summed E-state index contributed by atoms with van der Waals surface area (Å²) in [5, 5.41) is 3.07. The standard InChI is InChI=1S/C11H11FN4/c1-8(9-2-4-13-5-3-9)16-11-14-6-10(12)7-15-11/h2-8H,1H3,(H,14,15,16)/t8-/m1/s1. The Hall–Kier alpha value is -2.04. The molecule has 1 N–H and O–H groups in total. The lowest BCUT2D eigenvalue weighted by Gasteiger charge is -2.13. The van der Waals surface area contributed by atoms with Crippen LogP contribution >= 0.6 is 0 Å². The highest BCUT2D eigenvalue weighted by atomic mass is 19.1. The highest BCUT2D eigenvalue weighted by molar-refractivity contribution is 5.29. The summed E-state index contributed by atoms with van der Waals surface area (Å²) in [6, 6.07) is 3.86. The maximum Gasteiger partial charge on any atom is 0.223 e. The number of aromatic nitrogens is 3. The van der Waals surface area contributed by atoms with Gasteiger partial charge in [0.2, 0.25) is 5.95 Å². The van der Waals surface area contributed by atoms with E-state index in [1.54, 1.807) is 12.4 Å². The van der Waals surface area contributed by atoms with Crippen LogP contribution in [0.15, 0.2) is 36.9 Å². The lowest BCUT2D eigenvalue weighted by atomic mass is 10.1. The first-order chi connectivity index (χ1) is 7.75. The Morgan fingerprint density at radius 2 is 1.81 bits per heavy atom. The van der Waals surface area contributed by atoms with Crippen molar-refractivity contribution >= 4 is 5.95 Å². The number of rotatable bonds is 3. The van der Waals surface area contributed by atoms with Crippen LogP contribution in [0.1, 0.15) is 18.5 Å². The zero-order valence-electron chi connectivity index (χ0n) is 8.76. The molecule has 0 unspecified atom stereocenters. The first-order valence-corrected chi connectivity index (χ1v) is 4.90. The predicted molar refractivity (Wildman–Crippen MR) is 58.3 cm³/mol. The van der Waals surface area contributed by atoms with Crippen molar-refractivity contribution < 1.29 is 4.39 Å². The fourth-order valence-electron chi connectivity index (χ4n) is 1.32. The number of pyridine rings is 1. The van der Waals surface area contributed by atoms with E-state index in [0.717, 1.165) is 18.0 Å². The van der Waals surface area contributed by atoms with Gasteiger partial charge in [-0.3, -0.25) is 4.98 Å². The Balaban J connectivity index is 2.08. The Labute approximate surface area is 92.6 Å². The van der Waals surface area contributed by atoms with Gasteiger partial charge in [0.1, 0.15) is 0 Å². The van der Waals surface area contributed by atoms with Crippen LogP contribution in [0.25, 0.3) is 0 Å². The monoisotopic (exact) mass is 218 g/mol. The summed E-state index contributed by atoms with van der Waals surface area (Å²) in [4.78, 5) is 11.6. The molecule has 0 radical (unpaired) electrons. The fraction of sp³-hybridized carbons (Fsp3) is 0.182. The maximum absolute atomic E-state index is 12.6. The average molecular weight is 218 g/mol. The lowest BCUT2D eigenvalue weighted by Crippen LogP contribution is -2.09. The molecular weight excluding hydrogens is 207 g/mol. The smallest absolute Gasteiger partial charge is 0.223 e. The molecule has 4 nitrogen and oxygen atoms in total. The molecule has 0 saturated carbocycles. The second kappa shape index (κ2) is 4.65. The van der Waals surface area contributed by atoms with Gasteiger partial charge in [0.15, 0.2) is 5.82 Å². The highest BCUT2D eigenvalue weighted by Gasteiger charge is 2.06. The molecule has 0 aliphatic carbocycles. The van der Waals surface area contributed by atoms with Crippen LogP contribution in [0.5, 0.6) is 0 Å². The minimum Gasteiger partial charge on any atom is -0.348 e. The molecule has 5 heteroatoms. The van der Waals surface area contributed by atoms with E-state index in [4.69, 9.17) is 0 Å². The fourth-order valence-corrected chi connectivity index (χ4v) is 1.32. The van der Waals surface area contributed by atoms with E-state index < -0.39 is 5.82 Å². The summed E-state index contributed by atoms with van der Waals surface area (Å²) in [7, 11) is 0. The molecule has 0 aromatic carbocycles. The molecule has 2 rings (SSSR count). The summed E-state index contributed by atoms with van der Waals surface area (Å²) in [6.45, 7) is 1.97. The van der Waals surface area contributed by atoms with Crippen LogP contribution in [0.2, 0.25) is 0 Å². The van der Waals surface area contributed by atoms with Gasteiger partial charge in [-0.1, -0.05) is 0 Å². The van der Waals surface area contributed by atoms with Crippen molar-refractivity contribution in [2.24, 2.45) is 0 Å². The van der Waals surface area contributed by atoms with Crippen molar-refractivity contribution in [3.63, 3.8) is 0 Å². The molecule has 0 saturated heterocycles. The summed E-state index contributed by atoms with van der Waals surface area (Å²) < 4.78 is 12.6. The SMILES string of the molecule is C[C@@H](Nc1ncc(F)cn1)c1ccncc1. The zero-order chi connectivity index (χ0) is 11.4. The van der Waals surface area contributed by atoms with Crippen molar-refractivity contribution in [2.75, 3.05) is 5.32 Å². The van der Waals surface area contributed by atoms with E-state index >= 15 is 0 Å². The molecule has 0 bridgehead atoms. The van der Waals surface area contributed by atoms with Crippen molar-refractivity contribution in [1.29, 1.82) is 0 Å². The van der Waals surface area contributed by atoms with E-state index in [1.165, 1.54) is 0 Å². The van der Waals surface area contributed by atoms with Gasteiger partial charge in [-0.15, -0.1) is 0 Å². The Kier molecular flexibility index (Phi) is 3.05. The molecule has 2 aromatic rings. The second-order valence-electron chi connectivity index (χ2n) is 3.37. The highest BCUT2D eigenvalue weighted by Crippen LogP contribution is 2.14. The zero-order valence-corrected chi connectivity index (χ0v) is 8.76. The van der Waals surface area contributed by atoms with Gasteiger partial charge >= 0.3 is 0 Å². The summed E-state index contributed by atoms with van der Waals surface area (Å²) in [5.74, 6) is -0.0344. The second-order valence-corrected chi connectivity index (χ2v) is 3.37. The average Bonchev–Trinajstić information content (AvgIpc) is 2.33. The van der Waals surface area contributed by atoms with Crippen LogP contribution in [0.3, 0.4) is 0 Å². The van der Waals surface area contributed by atoms with Gasteiger partial charge in [-0.2, -0.15) is 0 Å². The first kappa shape index (κ1) is 10.5. The minimum absolute atomic E-state index is 0.0495. The van der Waals surface area contributed by atoms with Gasteiger partial charge in [0.05, 0.1) is 18.4 Å². The minimum atomic E-state index is -0.442. The van der Waals surface area contributed by atoms with Gasteiger partial charge in [-0.25, -0.2) is 14.4 Å². The molecule has 0 aliphatic rings. The van der Waals surface area contributed by atoms with Crippen molar-refractivity contribution in [3.05, 3.63) is 48.3 Å². The van der Waals surface area contributed by atoms with Crippen LogP contribution in [-0.4, -0.2) is 15.0 Å². The van der Waals surface area contributed by atoms with Gasteiger partial charge in [0, 0.05) is 12.4 Å². The number of anilines is 1. The van der Waals surface area contributed by atoms with E-state index in [2.05, 4.69) is 20.3 Å². The number of nitrogens with one attached hydrogen (secondary N) is 1. The lowest BCUT2D eigenvalue weighted by molar-refractivity contribution is 0.613. The largest absolute Gasteiger partial charge is 0.348 e. The number of halogens is 1. The third kappa shape index (κ3) is 2.50. The van der Waals surface area contributed by atoms with Crippen LogP contribution in [0.4, 0.5) is 10.3 Å². The summed E-state index contributed by atoms with van der Waals surface area (Å²) in [6.07, 6.45) is 5.71. The third-order valence-electron chi connectivity index (χ3n) is 2.17. The molecular formula is C11H11FN4. The van der Waals surface area contributed by atoms with E-state index in [-0.39, 0.29) is 6.04 Å². The van der Waals surface area contributed by atoms with Crippen LogP contribution in [0, 0.1) is 5.82 Å². The van der Waals surface area contributed by atoms with Crippen molar-refractivity contribution in [2.45, 2.75) is 13.0 Å². The van der Waals surface area contributed by atoms with E-state index in [0.29, 0.717) is 5.95 Å². The van der Waals surface area contributed by atoms with E-state index in [1.807, 2.05) is 19.1 Å². The molecule has 1 atom stereocenters. The van der Waals surface area contributed by atoms with Crippen molar-refractivity contribution in [3.8, 4) is 0 Å². The molecule has 16 heavy (non-hydrogen) atoms. The molecule has 82 valence electrons. The summed E-state index contributed by atoms with van der Waals surface area (Å²) >= 11 is 0. The summed E-state index contributed by atoms with van der Waals surface area (Å²) in [5.41, 5.74) is 1.07. The third-order valence-corrected chi connectivity index (χ3v) is 2.17. The molecule has 0 amide bonds. The molecule has 0 fully saturated rings. The molecule has 0 spiro atoms. The van der Waals surface area contributed by atoms with Crippen molar-refractivity contribution in [1.82, 2.24) is 15.0 Å².